The SMILES string of the molecule is CCCOC(=O)c1cn[nH]c1. The average molecular weight is 154 g/mol. The molecule has 0 fully saturated rings. The number of ether oxygens (including phenoxy) is 1. The fourth-order valence-corrected chi connectivity index (χ4v) is 0.641. The van der Waals surface area contributed by atoms with Crippen LogP contribution in [-0.2, 0) is 4.74 Å². The maximum absolute atomic E-state index is 11.0. The molecule has 0 radical (unpaired) electrons. The van der Waals surface area contributed by atoms with Crippen LogP contribution in [0.5, 0.6) is 0 Å². The van der Waals surface area contributed by atoms with Crippen LogP contribution in [0.3, 0.4) is 0 Å². The minimum atomic E-state index is -0.319. The van der Waals surface area contributed by atoms with E-state index in [0.29, 0.717) is 12.2 Å². The highest BCUT2D eigenvalue weighted by molar-refractivity contribution is 5.88. The van der Waals surface area contributed by atoms with E-state index in [2.05, 4.69) is 10.2 Å². The first-order valence-corrected chi connectivity index (χ1v) is 3.50. The molecule has 0 spiro atoms. The van der Waals surface area contributed by atoms with Gasteiger partial charge < -0.3 is 4.74 Å². The molecule has 0 bridgehead atoms. The molecule has 0 atom stereocenters. The molecule has 60 valence electrons. The van der Waals surface area contributed by atoms with E-state index in [1.54, 1.807) is 0 Å². The van der Waals surface area contributed by atoms with E-state index >= 15 is 0 Å². The van der Waals surface area contributed by atoms with Gasteiger partial charge >= 0.3 is 5.97 Å². The first kappa shape index (κ1) is 7.78. The summed E-state index contributed by atoms with van der Waals surface area (Å²) in [5.74, 6) is -0.319. The molecule has 4 heteroatoms. The number of H-pyrrole nitrogens is 1. The van der Waals surface area contributed by atoms with Gasteiger partial charge in [-0.3, -0.25) is 5.10 Å². The standard InChI is InChI=1S/C7H10N2O2/c1-2-3-11-7(10)6-4-8-9-5-6/h4-5H,2-3H2,1H3,(H,8,9). The van der Waals surface area contributed by atoms with Gasteiger partial charge in [-0.25, -0.2) is 4.79 Å². The van der Waals surface area contributed by atoms with Crippen molar-refractivity contribution < 1.29 is 9.53 Å². The fourth-order valence-electron chi connectivity index (χ4n) is 0.641. The van der Waals surface area contributed by atoms with Gasteiger partial charge in [0.2, 0.25) is 0 Å². The summed E-state index contributed by atoms with van der Waals surface area (Å²) < 4.78 is 4.84. The summed E-state index contributed by atoms with van der Waals surface area (Å²) >= 11 is 0. The van der Waals surface area contributed by atoms with Gasteiger partial charge in [-0.1, -0.05) is 6.92 Å². The molecule has 0 aliphatic carbocycles. The van der Waals surface area contributed by atoms with Crippen molar-refractivity contribution in [3.05, 3.63) is 18.0 Å². The Balaban J connectivity index is 2.43. The highest BCUT2D eigenvalue weighted by Gasteiger charge is 2.05. The summed E-state index contributed by atoms with van der Waals surface area (Å²) in [6, 6.07) is 0. The van der Waals surface area contributed by atoms with E-state index in [-0.39, 0.29) is 5.97 Å². The zero-order valence-corrected chi connectivity index (χ0v) is 6.33. The van der Waals surface area contributed by atoms with Crippen molar-refractivity contribution in [1.82, 2.24) is 10.2 Å². The number of carbonyl (C=O) groups excluding carboxylic acids is 1. The number of nitrogens with one attached hydrogen (secondary N) is 1. The number of carbonyl (C=O) groups is 1. The third-order valence-electron chi connectivity index (χ3n) is 1.17. The topological polar surface area (TPSA) is 55.0 Å². The van der Waals surface area contributed by atoms with Gasteiger partial charge in [0.15, 0.2) is 0 Å². The molecule has 11 heavy (non-hydrogen) atoms. The number of nitrogens with zero attached hydrogens (tertiary/aromatic N) is 1. The maximum Gasteiger partial charge on any atom is 0.341 e. The smallest absolute Gasteiger partial charge is 0.341 e. The number of aromatic amines is 1. The van der Waals surface area contributed by atoms with E-state index in [4.69, 9.17) is 4.74 Å². The van der Waals surface area contributed by atoms with Crippen LogP contribution in [0, 0.1) is 0 Å². The molecule has 0 saturated heterocycles. The zero-order chi connectivity index (χ0) is 8.10. The molecule has 0 aliphatic heterocycles. The molecule has 0 unspecified atom stereocenters. The number of hydrogen-bond donors (Lipinski definition) is 1. The first-order chi connectivity index (χ1) is 5.34. The zero-order valence-electron chi connectivity index (χ0n) is 6.33. The third-order valence-corrected chi connectivity index (χ3v) is 1.17. The molecule has 0 aliphatic rings. The normalized spacial score (nSPS) is 9.55. The van der Waals surface area contributed by atoms with Gasteiger partial charge in [0, 0.05) is 6.20 Å². The Hall–Kier alpha value is -1.32. The van der Waals surface area contributed by atoms with Gasteiger partial charge in [0.25, 0.3) is 0 Å². The molecule has 0 amide bonds. The molecule has 1 rings (SSSR count). The maximum atomic E-state index is 11.0. The number of rotatable bonds is 3. The Bertz CT molecular complexity index is 218. The molecule has 0 saturated carbocycles. The van der Waals surface area contributed by atoms with E-state index in [0.717, 1.165) is 6.42 Å². The summed E-state index contributed by atoms with van der Waals surface area (Å²) in [6.45, 7) is 2.41. The lowest BCUT2D eigenvalue weighted by Gasteiger charge is -1.98. The fraction of sp³-hybridized carbons (Fsp3) is 0.429. The van der Waals surface area contributed by atoms with Gasteiger partial charge in [-0.05, 0) is 6.42 Å². The van der Waals surface area contributed by atoms with Crippen molar-refractivity contribution >= 4 is 5.97 Å². The molecular formula is C7H10N2O2. The lowest BCUT2D eigenvalue weighted by atomic mass is 10.4. The molecule has 0 aromatic carbocycles. The largest absolute Gasteiger partial charge is 0.462 e. The number of aromatic nitrogens is 2. The van der Waals surface area contributed by atoms with Gasteiger partial charge in [0.05, 0.1) is 18.4 Å². The lowest BCUT2D eigenvalue weighted by Crippen LogP contribution is -2.04. The van der Waals surface area contributed by atoms with Crippen LogP contribution in [0.15, 0.2) is 12.4 Å². The predicted octanol–water partition coefficient (Wildman–Crippen LogP) is 0.976. The van der Waals surface area contributed by atoms with E-state index in [1.807, 2.05) is 6.92 Å². The highest BCUT2D eigenvalue weighted by Crippen LogP contribution is 1.97. The van der Waals surface area contributed by atoms with E-state index < -0.39 is 0 Å². The Labute approximate surface area is 64.6 Å². The second-order valence-corrected chi connectivity index (χ2v) is 2.12. The summed E-state index contributed by atoms with van der Waals surface area (Å²) in [7, 11) is 0. The van der Waals surface area contributed by atoms with E-state index in [9.17, 15) is 4.79 Å². The summed E-state index contributed by atoms with van der Waals surface area (Å²) in [5.41, 5.74) is 0.471. The first-order valence-electron chi connectivity index (χ1n) is 3.50. The van der Waals surface area contributed by atoms with Crippen LogP contribution >= 0.6 is 0 Å². The Morgan fingerprint density at radius 2 is 2.64 bits per heavy atom. The molecular weight excluding hydrogens is 144 g/mol. The summed E-state index contributed by atoms with van der Waals surface area (Å²) in [6.07, 6.45) is 3.79. The van der Waals surface area contributed by atoms with Crippen LogP contribution in [0.25, 0.3) is 0 Å². The van der Waals surface area contributed by atoms with E-state index in [1.165, 1.54) is 12.4 Å². The van der Waals surface area contributed by atoms with Crippen LogP contribution in [-0.4, -0.2) is 22.8 Å². The van der Waals surface area contributed by atoms with Crippen molar-refractivity contribution in [1.29, 1.82) is 0 Å². The Kier molecular flexibility index (Phi) is 2.66. The minimum Gasteiger partial charge on any atom is -0.462 e. The van der Waals surface area contributed by atoms with Crippen LogP contribution in [0.4, 0.5) is 0 Å². The second-order valence-electron chi connectivity index (χ2n) is 2.12. The molecule has 1 N–H and O–H groups in total. The minimum absolute atomic E-state index is 0.319. The Morgan fingerprint density at radius 3 is 3.18 bits per heavy atom. The molecule has 4 nitrogen and oxygen atoms in total. The van der Waals surface area contributed by atoms with Crippen LogP contribution in [0.1, 0.15) is 23.7 Å². The van der Waals surface area contributed by atoms with Crippen molar-refractivity contribution in [2.45, 2.75) is 13.3 Å². The second kappa shape index (κ2) is 3.75. The van der Waals surface area contributed by atoms with Crippen LogP contribution < -0.4 is 0 Å². The van der Waals surface area contributed by atoms with Gasteiger partial charge in [-0.15, -0.1) is 0 Å². The van der Waals surface area contributed by atoms with Crippen molar-refractivity contribution in [2.24, 2.45) is 0 Å². The summed E-state index contributed by atoms with van der Waals surface area (Å²) in [5, 5.41) is 6.16. The molecule has 1 aromatic heterocycles. The quantitative estimate of drug-likeness (QED) is 0.660. The number of esters is 1. The number of hydrogen-bond acceptors (Lipinski definition) is 3. The van der Waals surface area contributed by atoms with Gasteiger partial charge in [0.1, 0.15) is 0 Å². The van der Waals surface area contributed by atoms with Crippen molar-refractivity contribution in [3.63, 3.8) is 0 Å². The Morgan fingerprint density at radius 1 is 1.82 bits per heavy atom. The lowest BCUT2D eigenvalue weighted by molar-refractivity contribution is 0.0505. The monoisotopic (exact) mass is 154 g/mol. The van der Waals surface area contributed by atoms with Crippen molar-refractivity contribution in [3.8, 4) is 0 Å². The molecule has 1 heterocycles. The molecule has 1 aromatic rings. The van der Waals surface area contributed by atoms with Crippen molar-refractivity contribution in [2.75, 3.05) is 6.61 Å². The predicted molar refractivity (Wildman–Crippen MR) is 39.2 cm³/mol. The summed E-state index contributed by atoms with van der Waals surface area (Å²) in [4.78, 5) is 11.0. The third kappa shape index (κ3) is 2.07. The van der Waals surface area contributed by atoms with Crippen LogP contribution in [0.2, 0.25) is 0 Å². The highest BCUT2D eigenvalue weighted by atomic mass is 16.5. The average Bonchev–Trinajstić information content (AvgIpc) is 2.52. The van der Waals surface area contributed by atoms with Gasteiger partial charge in [-0.2, -0.15) is 5.10 Å².